The third-order valence-electron chi connectivity index (χ3n) is 2.51. The molecule has 15 heavy (non-hydrogen) atoms. The molecule has 0 aliphatic carbocycles. The number of pyridine rings is 1. The summed E-state index contributed by atoms with van der Waals surface area (Å²) in [5, 5.41) is 0. The molecule has 0 saturated heterocycles. The van der Waals surface area contributed by atoms with Crippen molar-refractivity contribution in [3.05, 3.63) is 47.4 Å². The van der Waals surface area contributed by atoms with Gasteiger partial charge in [0.15, 0.2) is 6.29 Å². The average molecular weight is 200 g/mol. The van der Waals surface area contributed by atoms with Crippen LogP contribution in [0.2, 0.25) is 0 Å². The standard InChI is InChI=1S/C12H12N2O/c1-9-7-14(10(2)11(9)8-15)12-5-3-4-6-13-12/h3-8H,1-2H3. The van der Waals surface area contributed by atoms with Crippen LogP contribution in [0.3, 0.4) is 0 Å². The van der Waals surface area contributed by atoms with Gasteiger partial charge < -0.3 is 4.57 Å². The summed E-state index contributed by atoms with van der Waals surface area (Å²) in [6, 6.07) is 5.72. The molecule has 0 fully saturated rings. The maximum atomic E-state index is 10.9. The number of carbonyl (C=O) groups is 1. The Balaban J connectivity index is 2.60. The van der Waals surface area contributed by atoms with Crippen molar-refractivity contribution >= 4 is 6.29 Å². The number of carbonyl (C=O) groups excluding carboxylic acids is 1. The van der Waals surface area contributed by atoms with E-state index < -0.39 is 0 Å². The van der Waals surface area contributed by atoms with Crippen LogP contribution in [0, 0.1) is 13.8 Å². The molecule has 0 aliphatic rings. The Bertz CT molecular complexity index is 486. The minimum absolute atomic E-state index is 0.751. The fraction of sp³-hybridized carbons (Fsp3) is 0.167. The molecule has 2 heterocycles. The second-order valence-corrected chi connectivity index (χ2v) is 3.49. The summed E-state index contributed by atoms with van der Waals surface area (Å²) in [4.78, 5) is 15.1. The molecule has 0 aromatic carbocycles. The molecule has 0 radical (unpaired) electrons. The molecular formula is C12H12N2O. The monoisotopic (exact) mass is 200 g/mol. The fourth-order valence-corrected chi connectivity index (χ4v) is 1.69. The number of hydrogen-bond donors (Lipinski definition) is 0. The molecule has 0 N–H and O–H groups in total. The van der Waals surface area contributed by atoms with Crippen LogP contribution < -0.4 is 0 Å². The zero-order valence-corrected chi connectivity index (χ0v) is 8.77. The summed E-state index contributed by atoms with van der Waals surface area (Å²) in [5.74, 6) is 0.839. The molecule has 2 aromatic rings. The van der Waals surface area contributed by atoms with E-state index in [1.807, 2.05) is 42.8 Å². The second-order valence-electron chi connectivity index (χ2n) is 3.49. The second kappa shape index (κ2) is 3.69. The van der Waals surface area contributed by atoms with E-state index in [2.05, 4.69) is 4.98 Å². The van der Waals surface area contributed by atoms with E-state index in [0.717, 1.165) is 28.9 Å². The molecule has 2 rings (SSSR count). The first kappa shape index (κ1) is 9.65. The van der Waals surface area contributed by atoms with Gasteiger partial charge in [-0.3, -0.25) is 4.79 Å². The largest absolute Gasteiger partial charge is 0.305 e. The SMILES string of the molecule is Cc1cn(-c2ccccn2)c(C)c1C=O. The smallest absolute Gasteiger partial charge is 0.152 e. The Labute approximate surface area is 88.4 Å². The van der Waals surface area contributed by atoms with E-state index in [1.165, 1.54) is 0 Å². The molecule has 2 aromatic heterocycles. The minimum atomic E-state index is 0.751. The highest BCUT2D eigenvalue weighted by atomic mass is 16.1. The van der Waals surface area contributed by atoms with Gasteiger partial charge >= 0.3 is 0 Å². The molecular weight excluding hydrogens is 188 g/mol. The maximum absolute atomic E-state index is 10.9. The van der Waals surface area contributed by atoms with Gasteiger partial charge in [0.2, 0.25) is 0 Å². The number of rotatable bonds is 2. The number of aromatic nitrogens is 2. The van der Waals surface area contributed by atoms with Crippen molar-refractivity contribution in [1.29, 1.82) is 0 Å². The van der Waals surface area contributed by atoms with Crippen molar-refractivity contribution in [2.24, 2.45) is 0 Å². The lowest BCUT2D eigenvalue weighted by Crippen LogP contribution is -1.98. The lowest BCUT2D eigenvalue weighted by molar-refractivity contribution is 0.112. The molecule has 3 nitrogen and oxygen atoms in total. The lowest BCUT2D eigenvalue weighted by atomic mass is 10.2. The van der Waals surface area contributed by atoms with E-state index >= 15 is 0 Å². The van der Waals surface area contributed by atoms with Crippen LogP contribution in [-0.2, 0) is 0 Å². The van der Waals surface area contributed by atoms with Gasteiger partial charge in [0.1, 0.15) is 5.82 Å². The van der Waals surface area contributed by atoms with Crippen molar-refractivity contribution < 1.29 is 4.79 Å². The van der Waals surface area contributed by atoms with Gasteiger partial charge in [-0.2, -0.15) is 0 Å². The Morgan fingerprint density at radius 3 is 2.67 bits per heavy atom. The molecule has 0 atom stereocenters. The highest BCUT2D eigenvalue weighted by Gasteiger charge is 2.09. The van der Waals surface area contributed by atoms with Crippen LogP contribution in [0.5, 0.6) is 0 Å². The number of hydrogen-bond acceptors (Lipinski definition) is 2. The highest BCUT2D eigenvalue weighted by Crippen LogP contribution is 2.17. The zero-order chi connectivity index (χ0) is 10.8. The first-order valence-electron chi connectivity index (χ1n) is 4.79. The van der Waals surface area contributed by atoms with Crippen molar-refractivity contribution in [2.75, 3.05) is 0 Å². The van der Waals surface area contributed by atoms with E-state index in [1.54, 1.807) is 6.20 Å². The lowest BCUT2D eigenvalue weighted by Gasteiger charge is -2.03. The molecule has 3 heteroatoms. The van der Waals surface area contributed by atoms with Crippen LogP contribution >= 0.6 is 0 Å². The zero-order valence-electron chi connectivity index (χ0n) is 8.77. The Morgan fingerprint density at radius 1 is 1.33 bits per heavy atom. The quantitative estimate of drug-likeness (QED) is 0.697. The summed E-state index contributed by atoms with van der Waals surface area (Å²) in [7, 11) is 0. The normalized spacial score (nSPS) is 10.3. The Morgan fingerprint density at radius 2 is 2.13 bits per heavy atom. The minimum Gasteiger partial charge on any atom is -0.305 e. The Hall–Kier alpha value is -1.90. The first-order chi connectivity index (χ1) is 7.24. The van der Waals surface area contributed by atoms with Crippen molar-refractivity contribution in [3.63, 3.8) is 0 Å². The van der Waals surface area contributed by atoms with Crippen LogP contribution in [0.4, 0.5) is 0 Å². The van der Waals surface area contributed by atoms with E-state index in [0.29, 0.717) is 0 Å². The predicted octanol–water partition coefficient (Wildman–Crippen LogP) is 2.30. The van der Waals surface area contributed by atoms with Crippen molar-refractivity contribution in [1.82, 2.24) is 9.55 Å². The molecule has 0 bridgehead atoms. The van der Waals surface area contributed by atoms with Gasteiger partial charge in [-0.1, -0.05) is 6.07 Å². The number of aryl methyl sites for hydroxylation is 1. The summed E-state index contributed by atoms with van der Waals surface area (Å²) in [5.41, 5.74) is 2.66. The molecule has 0 aliphatic heterocycles. The van der Waals surface area contributed by atoms with Crippen LogP contribution in [0.1, 0.15) is 21.6 Å². The number of nitrogens with zero attached hydrogens (tertiary/aromatic N) is 2. The van der Waals surface area contributed by atoms with Gasteiger partial charge in [0.25, 0.3) is 0 Å². The predicted molar refractivity (Wildman–Crippen MR) is 58.4 cm³/mol. The molecule has 0 amide bonds. The highest BCUT2D eigenvalue weighted by molar-refractivity contribution is 5.79. The van der Waals surface area contributed by atoms with Gasteiger partial charge in [-0.05, 0) is 31.5 Å². The van der Waals surface area contributed by atoms with E-state index in [4.69, 9.17) is 0 Å². The average Bonchev–Trinajstić information content (AvgIpc) is 2.55. The Kier molecular flexibility index (Phi) is 2.37. The summed E-state index contributed by atoms with van der Waals surface area (Å²) in [6.45, 7) is 3.85. The van der Waals surface area contributed by atoms with E-state index in [-0.39, 0.29) is 0 Å². The van der Waals surface area contributed by atoms with Gasteiger partial charge in [0, 0.05) is 23.7 Å². The van der Waals surface area contributed by atoms with Crippen molar-refractivity contribution in [2.45, 2.75) is 13.8 Å². The van der Waals surface area contributed by atoms with Gasteiger partial charge in [0.05, 0.1) is 0 Å². The third-order valence-corrected chi connectivity index (χ3v) is 2.51. The topological polar surface area (TPSA) is 34.9 Å². The first-order valence-corrected chi connectivity index (χ1v) is 4.79. The fourth-order valence-electron chi connectivity index (χ4n) is 1.69. The van der Waals surface area contributed by atoms with Gasteiger partial charge in [-0.25, -0.2) is 4.98 Å². The number of aldehydes is 1. The summed E-state index contributed by atoms with van der Waals surface area (Å²) < 4.78 is 1.93. The summed E-state index contributed by atoms with van der Waals surface area (Å²) >= 11 is 0. The van der Waals surface area contributed by atoms with Gasteiger partial charge in [-0.15, -0.1) is 0 Å². The van der Waals surface area contributed by atoms with Crippen LogP contribution in [0.25, 0.3) is 5.82 Å². The van der Waals surface area contributed by atoms with Crippen molar-refractivity contribution in [3.8, 4) is 5.82 Å². The summed E-state index contributed by atoms with van der Waals surface area (Å²) in [6.07, 6.45) is 4.57. The molecule has 0 saturated carbocycles. The molecule has 76 valence electrons. The molecule has 0 unspecified atom stereocenters. The maximum Gasteiger partial charge on any atom is 0.152 e. The molecule has 0 spiro atoms. The van der Waals surface area contributed by atoms with E-state index in [9.17, 15) is 4.79 Å². The third kappa shape index (κ3) is 1.56. The van der Waals surface area contributed by atoms with Crippen LogP contribution in [0.15, 0.2) is 30.6 Å². The van der Waals surface area contributed by atoms with Crippen LogP contribution in [-0.4, -0.2) is 15.8 Å².